The van der Waals surface area contributed by atoms with Crippen LogP contribution >= 0.6 is 11.3 Å². The van der Waals surface area contributed by atoms with E-state index < -0.39 is 12.0 Å². The lowest BCUT2D eigenvalue weighted by Gasteiger charge is -2.33. The Kier molecular flexibility index (Phi) is 4.26. The highest BCUT2D eigenvalue weighted by Gasteiger charge is 2.37. The molecule has 6 nitrogen and oxygen atoms in total. The van der Waals surface area contributed by atoms with E-state index in [2.05, 4.69) is 19.9 Å². The van der Waals surface area contributed by atoms with Gasteiger partial charge in [-0.2, -0.15) is 13.2 Å². The fraction of sp³-hybridized carbons (Fsp3) is 0.556. The molecule has 0 aromatic carbocycles. The van der Waals surface area contributed by atoms with Crippen molar-refractivity contribution in [3.63, 3.8) is 0 Å². The van der Waals surface area contributed by atoms with Crippen LogP contribution in [-0.2, 0) is 19.0 Å². The van der Waals surface area contributed by atoms with Crippen LogP contribution in [0.4, 0.5) is 19.0 Å². The smallest absolute Gasteiger partial charge is 0.354 e. The average Bonchev–Trinajstić information content (AvgIpc) is 3.33. The van der Waals surface area contributed by atoms with Crippen LogP contribution in [-0.4, -0.2) is 38.0 Å². The number of aromatic amines is 1. The van der Waals surface area contributed by atoms with Crippen LogP contribution < -0.4 is 4.90 Å². The summed E-state index contributed by atoms with van der Waals surface area (Å²) in [5, 5.41) is 1.11. The van der Waals surface area contributed by atoms with Crippen LogP contribution in [0.3, 0.4) is 0 Å². The molecule has 1 aliphatic heterocycles. The number of piperidine rings is 1. The molecule has 1 saturated heterocycles. The zero-order chi connectivity index (χ0) is 19.3. The van der Waals surface area contributed by atoms with Crippen LogP contribution in [0.25, 0.3) is 11.2 Å². The molecule has 0 bridgehead atoms. The van der Waals surface area contributed by atoms with Gasteiger partial charge in [-0.1, -0.05) is 0 Å². The van der Waals surface area contributed by atoms with E-state index in [1.165, 1.54) is 29.7 Å². The Morgan fingerprint density at radius 1 is 1.11 bits per heavy atom. The summed E-state index contributed by atoms with van der Waals surface area (Å²) in [5.74, 6) is -0.651. The largest absolute Gasteiger partial charge is 0.451 e. The number of anilines is 1. The Labute approximate surface area is 163 Å². The zero-order valence-electron chi connectivity index (χ0n) is 15.1. The SMILES string of the molecule is FC(F)(F)c1nc(N2CCCC(c3nc4c(s3)CCCC4)C2)c2[nH]cnc2n1. The predicted molar refractivity (Wildman–Crippen MR) is 99.6 cm³/mol. The minimum atomic E-state index is -4.61. The molecule has 0 amide bonds. The third-order valence-electron chi connectivity index (χ3n) is 5.45. The zero-order valence-corrected chi connectivity index (χ0v) is 15.9. The Bertz CT molecular complexity index is 987. The number of hydrogen-bond donors (Lipinski definition) is 1. The first kappa shape index (κ1) is 17.8. The third kappa shape index (κ3) is 3.13. The second-order valence-electron chi connectivity index (χ2n) is 7.38. The van der Waals surface area contributed by atoms with Crippen LogP contribution in [0.1, 0.15) is 53.0 Å². The van der Waals surface area contributed by atoms with Crippen molar-refractivity contribution in [1.29, 1.82) is 0 Å². The van der Waals surface area contributed by atoms with Gasteiger partial charge >= 0.3 is 6.18 Å². The van der Waals surface area contributed by atoms with Crippen molar-refractivity contribution in [2.75, 3.05) is 18.0 Å². The summed E-state index contributed by atoms with van der Waals surface area (Å²) in [4.78, 5) is 22.4. The molecular weight excluding hydrogens is 389 g/mol. The molecule has 28 heavy (non-hydrogen) atoms. The molecular formula is C18H19F3N6S. The number of hydrogen-bond acceptors (Lipinski definition) is 6. The monoisotopic (exact) mass is 408 g/mol. The number of rotatable bonds is 2. The van der Waals surface area contributed by atoms with E-state index in [-0.39, 0.29) is 17.4 Å². The molecule has 1 fully saturated rings. The molecule has 3 aromatic rings. The summed E-state index contributed by atoms with van der Waals surface area (Å²) < 4.78 is 39.8. The van der Waals surface area contributed by atoms with Gasteiger partial charge in [-0.25, -0.2) is 19.9 Å². The molecule has 1 atom stereocenters. The molecule has 1 N–H and O–H groups in total. The first-order chi connectivity index (χ1) is 13.5. The van der Waals surface area contributed by atoms with E-state index in [1.807, 2.05) is 4.90 Å². The summed E-state index contributed by atoms with van der Waals surface area (Å²) >= 11 is 1.78. The van der Waals surface area contributed by atoms with Gasteiger partial charge in [-0.3, -0.25) is 0 Å². The number of thiazole rings is 1. The van der Waals surface area contributed by atoms with E-state index in [9.17, 15) is 13.2 Å². The molecule has 1 unspecified atom stereocenters. The molecule has 10 heteroatoms. The molecule has 3 aromatic heterocycles. The number of fused-ring (bicyclic) bond motifs is 2. The molecule has 0 saturated carbocycles. The maximum absolute atomic E-state index is 13.3. The van der Waals surface area contributed by atoms with Gasteiger partial charge in [0.25, 0.3) is 0 Å². The van der Waals surface area contributed by atoms with Crippen LogP contribution in [0.2, 0.25) is 0 Å². The summed E-state index contributed by atoms with van der Waals surface area (Å²) in [6, 6.07) is 0. The number of aryl methyl sites for hydroxylation is 2. The van der Waals surface area contributed by atoms with Crippen molar-refractivity contribution in [2.24, 2.45) is 0 Å². The van der Waals surface area contributed by atoms with Crippen LogP contribution in [0.15, 0.2) is 6.33 Å². The highest BCUT2D eigenvalue weighted by molar-refractivity contribution is 7.11. The summed E-state index contributed by atoms with van der Waals surface area (Å²) in [6.45, 7) is 1.26. The number of nitrogens with zero attached hydrogens (tertiary/aromatic N) is 5. The Hall–Kier alpha value is -2.23. The second kappa shape index (κ2) is 6.68. The Morgan fingerprint density at radius 2 is 1.96 bits per heavy atom. The predicted octanol–water partition coefficient (Wildman–Crippen LogP) is 4.09. The van der Waals surface area contributed by atoms with Gasteiger partial charge in [0.1, 0.15) is 5.52 Å². The van der Waals surface area contributed by atoms with Crippen molar-refractivity contribution in [1.82, 2.24) is 24.9 Å². The lowest BCUT2D eigenvalue weighted by Crippen LogP contribution is -2.35. The molecule has 0 spiro atoms. The lowest BCUT2D eigenvalue weighted by molar-refractivity contribution is -0.144. The second-order valence-corrected chi connectivity index (χ2v) is 8.50. The molecule has 2 aliphatic rings. The Morgan fingerprint density at radius 3 is 2.79 bits per heavy atom. The van der Waals surface area contributed by atoms with E-state index in [0.29, 0.717) is 18.6 Å². The third-order valence-corrected chi connectivity index (χ3v) is 6.77. The van der Waals surface area contributed by atoms with Gasteiger partial charge in [-0.15, -0.1) is 11.3 Å². The van der Waals surface area contributed by atoms with Crippen molar-refractivity contribution in [3.05, 3.63) is 27.7 Å². The maximum atomic E-state index is 13.3. The van der Waals surface area contributed by atoms with E-state index in [0.717, 1.165) is 30.7 Å². The fourth-order valence-corrected chi connectivity index (χ4v) is 5.37. The first-order valence-electron chi connectivity index (χ1n) is 9.51. The number of aromatic nitrogens is 5. The molecule has 1 aliphatic carbocycles. The maximum Gasteiger partial charge on any atom is 0.451 e. The van der Waals surface area contributed by atoms with Crippen LogP contribution in [0, 0.1) is 0 Å². The minimum absolute atomic E-state index is 0.0455. The highest BCUT2D eigenvalue weighted by Crippen LogP contribution is 2.37. The normalized spacial score (nSPS) is 20.5. The summed E-state index contributed by atoms with van der Waals surface area (Å²) in [6.07, 6.45) is 3.17. The van der Waals surface area contributed by atoms with Gasteiger partial charge in [0.05, 0.1) is 17.0 Å². The van der Waals surface area contributed by atoms with Gasteiger partial charge in [0.2, 0.25) is 5.82 Å². The quantitative estimate of drug-likeness (QED) is 0.692. The molecule has 0 radical (unpaired) electrons. The fourth-order valence-electron chi connectivity index (χ4n) is 4.09. The van der Waals surface area contributed by atoms with Crippen LogP contribution in [0.5, 0.6) is 0 Å². The van der Waals surface area contributed by atoms with E-state index >= 15 is 0 Å². The number of halogens is 3. The molecule has 5 rings (SSSR count). The number of H-pyrrole nitrogens is 1. The van der Waals surface area contributed by atoms with Gasteiger partial charge in [-0.05, 0) is 38.5 Å². The molecule has 148 valence electrons. The number of imidazole rings is 1. The van der Waals surface area contributed by atoms with Crippen molar-refractivity contribution in [3.8, 4) is 0 Å². The van der Waals surface area contributed by atoms with Crippen molar-refractivity contribution in [2.45, 2.75) is 50.6 Å². The minimum Gasteiger partial charge on any atom is -0.354 e. The first-order valence-corrected chi connectivity index (χ1v) is 10.3. The summed E-state index contributed by atoms with van der Waals surface area (Å²) in [5.41, 5.74) is 1.72. The van der Waals surface area contributed by atoms with E-state index in [1.54, 1.807) is 11.3 Å². The van der Waals surface area contributed by atoms with Gasteiger partial charge < -0.3 is 9.88 Å². The summed E-state index contributed by atoms with van der Waals surface area (Å²) in [7, 11) is 0. The van der Waals surface area contributed by atoms with E-state index in [4.69, 9.17) is 4.98 Å². The lowest BCUT2D eigenvalue weighted by atomic mass is 9.98. The Balaban J connectivity index is 1.48. The van der Waals surface area contributed by atoms with Gasteiger partial charge in [0.15, 0.2) is 11.5 Å². The highest BCUT2D eigenvalue weighted by atomic mass is 32.1. The van der Waals surface area contributed by atoms with Crippen molar-refractivity contribution < 1.29 is 13.2 Å². The standard InChI is InChI=1S/C18H19F3N6S/c19-18(20,21)17-25-14-13(22-9-23-14)15(26-17)27-7-3-4-10(8-27)16-24-11-5-1-2-6-12(11)28-16/h9-10H,1-8H2,(H,22,23,25,26). The topological polar surface area (TPSA) is 70.6 Å². The average molecular weight is 408 g/mol. The number of alkyl halides is 3. The van der Waals surface area contributed by atoms with Gasteiger partial charge in [0, 0.05) is 23.9 Å². The molecule has 4 heterocycles. The number of nitrogens with one attached hydrogen (secondary N) is 1. The van der Waals surface area contributed by atoms with Crippen molar-refractivity contribution >= 4 is 28.3 Å².